The van der Waals surface area contributed by atoms with E-state index in [1.165, 1.54) is 11.5 Å². The molecule has 0 aliphatic heterocycles. The first-order valence-electron chi connectivity index (χ1n) is 7.66. The van der Waals surface area contributed by atoms with E-state index in [9.17, 15) is 14.4 Å². The molecule has 7 nitrogen and oxygen atoms in total. The summed E-state index contributed by atoms with van der Waals surface area (Å²) in [6.07, 6.45) is -0.961. The number of ether oxygens (including phenoxy) is 2. The van der Waals surface area contributed by atoms with Crippen LogP contribution in [-0.2, 0) is 27.4 Å². The highest BCUT2D eigenvalue weighted by Crippen LogP contribution is 2.16. The number of rotatable bonds is 7. The molecule has 1 heterocycles. The fourth-order valence-corrected chi connectivity index (χ4v) is 2.92. The van der Waals surface area contributed by atoms with Gasteiger partial charge < -0.3 is 14.8 Å². The Bertz CT molecular complexity index is 811. The maximum absolute atomic E-state index is 12.1. The molecular formula is C17H20N2O5S. The van der Waals surface area contributed by atoms with E-state index in [2.05, 4.69) is 5.32 Å². The first-order chi connectivity index (χ1) is 11.9. The third-order valence-corrected chi connectivity index (χ3v) is 4.47. The highest BCUT2D eigenvalue weighted by molar-refractivity contribution is 7.07. The van der Waals surface area contributed by atoms with Crippen molar-refractivity contribution in [2.24, 2.45) is 0 Å². The minimum Gasteiger partial charge on any atom is -0.496 e. The van der Waals surface area contributed by atoms with Crippen molar-refractivity contribution in [2.45, 2.75) is 33.0 Å². The van der Waals surface area contributed by atoms with Gasteiger partial charge in [0.05, 0.1) is 7.11 Å². The normalized spacial score (nSPS) is 11.6. The van der Waals surface area contributed by atoms with Crippen LogP contribution in [0.25, 0.3) is 0 Å². The van der Waals surface area contributed by atoms with Gasteiger partial charge in [-0.2, -0.15) is 0 Å². The standard InChI is InChI=1S/C17H20N2O5S/c1-11-10-25-17(22)19(11)9-15(20)24-12(2)16(21)18-8-13-6-4-5-7-14(13)23-3/h4-7,10,12H,8-9H2,1-3H3,(H,18,21)/t12-/m1/s1. The van der Waals surface area contributed by atoms with E-state index in [4.69, 9.17) is 9.47 Å². The van der Waals surface area contributed by atoms with E-state index in [-0.39, 0.29) is 18.0 Å². The highest BCUT2D eigenvalue weighted by atomic mass is 32.1. The molecule has 0 bridgehead atoms. The molecule has 1 N–H and O–H groups in total. The molecule has 8 heteroatoms. The van der Waals surface area contributed by atoms with E-state index in [1.807, 2.05) is 18.2 Å². The lowest BCUT2D eigenvalue weighted by atomic mass is 10.2. The summed E-state index contributed by atoms with van der Waals surface area (Å²) in [5, 5.41) is 4.36. The van der Waals surface area contributed by atoms with E-state index < -0.39 is 18.0 Å². The zero-order chi connectivity index (χ0) is 18.4. The van der Waals surface area contributed by atoms with Crippen molar-refractivity contribution in [3.05, 3.63) is 50.6 Å². The minimum atomic E-state index is -0.961. The van der Waals surface area contributed by atoms with Crippen LogP contribution in [0.15, 0.2) is 34.4 Å². The number of methoxy groups -OCH3 is 1. The molecule has 1 amide bonds. The second kappa shape index (κ2) is 8.48. The number of hydrogen-bond donors (Lipinski definition) is 1. The average Bonchev–Trinajstić information content (AvgIpc) is 2.91. The molecule has 1 atom stereocenters. The third kappa shape index (κ3) is 4.93. The Morgan fingerprint density at radius 3 is 2.68 bits per heavy atom. The van der Waals surface area contributed by atoms with Crippen LogP contribution in [0.2, 0.25) is 0 Å². The number of carbonyl (C=O) groups excluding carboxylic acids is 2. The topological polar surface area (TPSA) is 86.6 Å². The number of carbonyl (C=O) groups is 2. The Hall–Kier alpha value is -2.61. The van der Waals surface area contributed by atoms with Gasteiger partial charge >= 0.3 is 10.8 Å². The molecule has 0 fully saturated rings. The first kappa shape index (κ1) is 18.7. The number of aryl methyl sites for hydroxylation is 1. The van der Waals surface area contributed by atoms with Gasteiger partial charge in [0, 0.05) is 23.2 Å². The highest BCUT2D eigenvalue weighted by Gasteiger charge is 2.19. The van der Waals surface area contributed by atoms with E-state index in [0.29, 0.717) is 11.4 Å². The molecule has 2 rings (SSSR count). The second-order valence-corrected chi connectivity index (χ2v) is 6.21. The largest absolute Gasteiger partial charge is 0.496 e. The number of aromatic nitrogens is 1. The second-order valence-electron chi connectivity index (χ2n) is 5.39. The molecule has 0 saturated carbocycles. The monoisotopic (exact) mass is 364 g/mol. The van der Waals surface area contributed by atoms with Crippen molar-refractivity contribution in [1.29, 1.82) is 0 Å². The SMILES string of the molecule is COc1ccccc1CNC(=O)[C@@H](C)OC(=O)Cn1c(C)csc1=O. The average molecular weight is 364 g/mol. The Kier molecular flexibility index (Phi) is 6.35. The van der Waals surface area contributed by atoms with Crippen LogP contribution in [0, 0.1) is 6.92 Å². The van der Waals surface area contributed by atoms with Crippen LogP contribution in [-0.4, -0.2) is 29.7 Å². The fourth-order valence-electron chi connectivity index (χ4n) is 2.19. The van der Waals surface area contributed by atoms with Gasteiger partial charge in [0.15, 0.2) is 6.10 Å². The lowest BCUT2D eigenvalue weighted by Crippen LogP contribution is -2.36. The molecule has 0 spiro atoms. The number of hydrogen-bond acceptors (Lipinski definition) is 6. The van der Waals surface area contributed by atoms with Crippen molar-refractivity contribution in [1.82, 2.24) is 9.88 Å². The summed E-state index contributed by atoms with van der Waals surface area (Å²) < 4.78 is 11.6. The van der Waals surface area contributed by atoms with E-state index in [1.54, 1.807) is 25.5 Å². The van der Waals surface area contributed by atoms with Gasteiger partial charge in [-0.1, -0.05) is 29.5 Å². The molecule has 1 aromatic carbocycles. The van der Waals surface area contributed by atoms with Crippen molar-refractivity contribution in [2.75, 3.05) is 7.11 Å². The molecule has 0 saturated heterocycles. The summed E-state index contributed by atoms with van der Waals surface area (Å²) in [7, 11) is 1.55. The molecule has 134 valence electrons. The molecule has 0 radical (unpaired) electrons. The van der Waals surface area contributed by atoms with Crippen LogP contribution in [0.5, 0.6) is 5.75 Å². The van der Waals surface area contributed by atoms with Crippen LogP contribution in [0.4, 0.5) is 0 Å². The van der Waals surface area contributed by atoms with Crippen LogP contribution >= 0.6 is 11.3 Å². The number of esters is 1. The number of nitrogens with zero attached hydrogens (tertiary/aromatic N) is 1. The molecule has 0 unspecified atom stereocenters. The van der Waals surface area contributed by atoms with E-state index in [0.717, 1.165) is 16.9 Å². The smallest absolute Gasteiger partial charge is 0.326 e. The summed E-state index contributed by atoms with van der Waals surface area (Å²) in [5.41, 5.74) is 1.50. The number of amides is 1. The lowest BCUT2D eigenvalue weighted by molar-refractivity contribution is -0.155. The third-order valence-electron chi connectivity index (χ3n) is 3.59. The van der Waals surface area contributed by atoms with Gasteiger partial charge in [0.2, 0.25) is 0 Å². The Morgan fingerprint density at radius 1 is 1.32 bits per heavy atom. The summed E-state index contributed by atoms with van der Waals surface area (Å²) in [5.74, 6) is -0.392. The van der Waals surface area contributed by atoms with Crippen LogP contribution in [0.1, 0.15) is 18.2 Å². The zero-order valence-corrected chi connectivity index (χ0v) is 15.1. The summed E-state index contributed by atoms with van der Waals surface area (Å²) in [6.45, 7) is 3.26. The number of benzene rings is 1. The maximum Gasteiger partial charge on any atom is 0.326 e. The lowest BCUT2D eigenvalue weighted by Gasteiger charge is -2.15. The van der Waals surface area contributed by atoms with E-state index >= 15 is 0 Å². The summed E-state index contributed by atoms with van der Waals surface area (Å²) >= 11 is 1.02. The Labute approximate surface area is 149 Å². The Morgan fingerprint density at radius 2 is 2.04 bits per heavy atom. The summed E-state index contributed by atoms with van der Waals surface area (Å²) in [4.78, 5) is 35.4. The van der Waals surface area contributed by atoms with Crippen molar-refractivity contribution >= 4 is 23.2 Å². The van der Waals surface area contributed by atoms with Crippen LogP contribution < -0.4 is 14.9 Å². The fraction of sp³-hybridized carbons (Fsp3) is 0.353. The molecule has 0 aliphatic rings. The van der Waals surface area contributed by atoms with Crippen molar-refractivity contribution < 1.29 is 19.1 Å². The summed E-state index contributed by atoms with van der Waals surface area (Å²) in [6, 6.07) is 7.31. The molecular weight excluding hydrogens is 344 g/mol. The van der Waals surface area contributed by atoms with Gasteiger partial charge in [-0.3, -0.25) is 19.0 Å². The van der Waals surface area contributed by atoms with Gasteiger partial charge in [-0.25, -0.2) is 0 Å². The van der Waals surface area contributed by atoms with Crippen LogP contribution in [0.3, 0.4) is 0 Å². The minimum absolute atomic E-state index is 0.210. The predicted molar refractivity (Wildman–Crippen MR) is 93.7 cm³/mol. The van der Waals surface area contributed by atoms with Crippen molar-refractivity contribution in [3.8, 4) is 5.75 Å². The van der Waals surface area contributed by atoms with Gasteiger partial charge in [0.25, 0.3) is 5.91 Å². The Balaban J connectivity index is 1.87. The zero-order valence-electron chi connectivity index (χ0n) is 14.3. The van der Waals surface area contributed by atoms with Gasteiger partial charge in [0.1, 0.15) is 12.3 Å². The number of thiazole rings is 1. The van der Waals surface area contributed by atoms with Crippen molar-refractivity contribution in [3.63, 3.8) is 0 Å². The number of nitrogens with one attached hydrogen (secondary N) is 1. The molecule has 0 aliphatic carbocycles. The predicted octanol–water partition coefficient (Wildman–Crippen LogP) is 1.47. The van der Waals surface area contributed by atoms with Gasteiger partial charge in [-0.05, 0) is 19.9 Å². The molecule has 25 heavy (non-hydrogen) atoms. The maximum atomic E-state index is 12.1. The number of para-hydroxylation sites is 1. The van der Waals surface area contributed by atoms with Gasteiger partial charge in [-0.15, -0.1) is 0 Å². The molecule has 1 aromatic heterocycles. The molecule has 2 aromatic rings. The first-order valence-corrected chi connectivity index (χ1v) is 8.54. The quantitative estimate of drug-likeness (QED) is 0.752.